The van der Waals surface area contributed by atoms with Crippen LogP contribution in [-0.2, 0) is 10.2 Å². The van der Waals surface area contributed by atoms with Crippen LogP contribution in [0.15, 0.2) is 73.4 Å². The number of rotatable bonds is 7. The summed E-state index contributed by atoms with van der Waals surface area (Å²) in [5, 5.41) is 7.03. The molecule has 2 aliphatic carbocycles. The number of fused-ring (bicyclic) bond motifs is 2. The van der Waals surface area contributed by atoms with Crippen molar-refractivity contribution in [1.29, 1.82) is 0 Å². The Kier molecular flexibility index (Phi) is 6.07. The first kappa shape index (κ1) is 26.3. The monoisotopic (exact) mass is 559 g/mol. The van der Waals surface area contributed by atoms with Gasteiger partial charge in [-0.3, -0.25) is 24.0 Å². The fourth-order valence-electron chi connectivity index (χ4n) is 5.66. The summed E-state index contributed by atoms with van der Waals surface area (Å²) in [5.74, 6) is 0.113. The van der Waals surface area contributed by atoms with Gasteiger partial charge in [-0.2, -0.15) is 0 Å². The Morgan fingerprint density at radius 1 is 0.952 bits per heavy atom. The predicted molar refractivity (Wildman–Crippen MR) is 160 cm³/mol. The van der Waals surface area contributed by atoms with Crippen molar-refractivity contribution in [2.45, 2.75) is 64.0 Å². The number of benzene rings is 1. The van der Waals surface area contributed by atoms with Gasteiger partial charge < -0.3 is 10.6 Å². The van der Waals surface area contributed by atoms with E-state index in [-0.39, 0.29) is 29.0 Å². The molecule has 9 heteroatoms. The van der Waals surface area contributed by atoms with Gasteiger partial charge in [0.2, 0.25) is 11.7 Å². The average molecular weight is 560 g/mol. The lowest BCUT2D eigenvalue weighted by Crippen LogP contribution is -2.54. The predicted octanol–water partition coefficient (Wildman–Crippen LogP) is 4.84. The first-order valence-corrected chi connectivity index (χ1v) is 14.5. The van der Waals surface area contributed by atoms with Gasteiger partial charge in [-0.1, -0.05) is 39.0 Å². The van der Waals surface area contributed by atoms with Gasteiger partial charge in [-0.15, -0.1) is 0 Å². The van der Waals surface area contributed by atoms with Crippen molar-refractivity contribution in [3.05, 3.63) is 90.4 Å². The molecule has 1 aromatic carbocycles. The Hall–Kier alpha value is -4.66. The number of imidazole rings is 1. The second-order valence-electron chi connectivity index (χ2n) is 12.6. The van der Waals surface area contributed by atoms with E-state index < -0.39 is 11.5 Å². The Morgan fingerprint density at radius 3 is 2.45 bits per heavy atom. The molecule has 4 aromatic heterocycles. The summed E-state index contributed by atoms with van der Waals surface area (Å²) in [4.78, 5) is 44.1. The molecule has 212 valence electrons. The van der Waals surface area contributed by atoms with Crippen molar-refractivity contribution < 1.29 is 9.59 Å². The van der Waals surface area contributed by atoms with Crippen LogP contribution in [0.2, 0.25) is 0 Å². The maximum Gasteiger partial charge on any atom is 0.270 e. The second-order valence-corrected chi connectivity index (χ2v) is 12.6. The van der Waals surface area contributed by atoms with Crippen molar-refractivity contribution in [1.82, 2.24) is 35.0 Å². The number of pyridine rings is 2. The van der Waals surface area contributed by atoms with Gasteiger partial charge in [0.15, 0.2) is 0 Å². The first-order chi connectivity index (χ1) is 20.2. The fourth-order valence-corrected chi connectivity index (χ4v) is 5.66. The third kappa shape index (κ3) is 4.78. The van der Waals surface area contributed by atoms with Gasteiger partial charge in [0.25, 0.3) is 5.91 Å². The summed E-state index contributed by atoms with van der Waals surface area (Å²) in [6, 6.07) is 13.7. The summed E-state index contributed by atoms with van der Waals surface area (Å²) >= 11 is 0. The van der Waals surface area contributed by atoms with Crippen LogP contribution < -0.4 is 10.6 Å². The molecule has 0 radical (unpaired) electrons. The van der Waals surface area contributed by atoms with Crippen molar-refractivity contribution in [3.8, 4) is 11.1 Å². The molecule has 0 aliphatic heterocycles. The number of hydrogen-bond donors (Lipinski definition) is 2. The summed E-state index contributed by atoms with van der Waals surface area (Å²) in [7, 11) is 0. The number of carbonyl (C=O) groups is 2. The van der Waals surface area contributed by atoms with Crippen LogP contribution >= 0.6 is 0 Å². The Labute approximate surface area is 243 Å². The quantitative estimate of drug-likeness (QED) is 0.295. The molecule has 5 aromatic rings. The second kappa shape index (κ2) is 9.72. The van der Waals surface area contributed by atoms with Crippen molar-refractivity contribution >= 4 is 28.5 Å². The number of hydrogen-bond acceptors (Lipinski definition) is 6. The van der Waals surface area contributed by atoms with E-state index >= 15 is 0 Å². The fraction of sp³-hybridized carbons (Fsp3) is 0.333. The number of nitrogens with one attached hydrogen (secondary N) is 2. The summed E-state index contributed by atoms with van der Waals surface area (Å²) in [6.45, 7) is 5.83. The lowest BCUT2D eigenvalue weighted by Gasteiger charge is -2.30. The van der Waals surface area contributed by atoms with Gasteiger partial charge in [-0.05, 0) is 60.9 Å². The van der Waals surface area contributed by atoms with E-state index in [9.17, 15) is 9.59 Å². The maximum atomic E-state index is 13.1. The third-order valence-electron chi connectivity index (χ3n) is 8.42. The van der Waals surface area contributed by atoms with Crippen LogP contribution in [0.4, 0.5) is 0 Å². The normalized spacial score (nSPS) is 16.7. The molecule has 2 amide bonds. The highest BCUT2D eigenvalue weighted by atomic mass is 16.2. The molecule has 2 N–H and O–H groups in total. The van der Waals surface area contributed by atoms with E-state index in [4.69, 9.17) is 0 Å². The Bertz CT molecular complexity index is 1830. The molecule has 7 rings (SSSR count). The van der Waals surface area contributed by atoms with Crippen LogP contribution in [0.3, 0.4) is 0 Å². The molecular weight excluding hydrogens is 526 g/mol. The number of aromatic nitrogens is 5. The van der Waals surface area contributed by atoms with Crippen molar-refractivity contribution in [2.24, 2.45) is 5.41 Å². The summed E-state index contributed by atoms with van der Waals surface area (Å²) in [5.41, 5.74) is 4.76. The van der Waals surface area contributed by atoms with Crippen LogP contribution in [0.25, 0.3) is 27.8 Å². The SMILES string of the molecule is CC(C)(C)[C@@H](NC(=O)c1ccc(-c2cnc3ncc(C4(c5ccc6ncccc6c5)CC4)n3c2)cn1)C(=O)NC1CC1. The molecular formula is C33H33N7O2. The van der Waals surface area contributed by atoms with E-state index in [0.717, 1.165) is 53.4 Å². The number of nitrogens with zero attached hydrogens (tertiary/aromatic N) is 5. The van der Waals surface area contributed by atoms with Gasteiger partial charge in [0.1, 0.15) is 11.7 Å². The van der Waals surface area contributed by atoms with E-state index in [2.05, 4.69) is 59.2 Å². The smallest absolute Gasteiger partial charge is 0.270 e. The van der Waals surface area contributed by atoms with Crippen LogP contribution in [0, 0.1) is 5.41 Å². The highest BCUT2D eigenvalue weighted by molar-refractivity contribution is 5.96. The van der Waals surface area contributed by atoms with E-state index in [1.54, 1.807) is 18.5 Å². The van der Waals surface area contributed by atoms with Gasteiger partial charge in [0.05, 0.1) is 17.4 Å². The third-order valence-corrected chi connectivity index (χ3v) is 8.42. The summed E-state index contributed by atoms with van der Waals surface area (Å²) < 4.78 is 2.07. The summed E-state index contributed by atoms with van der Waals surface area (Å²) in [6.07, 6.45) is 13.3. The molecule has 4 heterocycles. The zero-order chi connectivity index (χ0) is 29.1. The zero-order valence-corrected chi connectivity index (χ0v) is 24.0. The van der Waals surface area contributed by atoms with Gasteiger partial charge >= 0.3 is 0 Å². The van der Waals surface area contributed by atoms with Gasteiger partial charge in [0, 0.05) is 52.8 Å². The number of carbonyl (C=O) groups excluding carboxylic acids is 2. The minimum absolute atomic E-state index is 0.112. The molecule has 42 heavy (non-hydrogen) atoms. The highest BCUT2D eigenvalue weighted by Gasteiger charge is 2.48. The number of amides is 2. The van der Waals surface area contributed by atoms with Crippen LogP contribution in [-0.4, -0.2) is 48.2 Å². The lowest BCUT2D eigenvalue weighted by molar-refractivity contribution is -0.125. The molecule has 0 bridgehead atoms. The van der Waals surface area contributed by atoms with E-state index in [1.807, 2.05) is 51.5 Å². The standard InChI is InChI=1S/C33H33N7O2/c1-32(2,3)28(30(42)38-24-8-9-24)39-29(41)26-10-6-21(16-35-26)22-17-36-31-37-18-27(40(31)19-22)33(12-13-33)23-7-11-25-20(15-23)5-4-14-34-25/h4-7,10-11,14-19,24,28H,8-9,12-13H2,1-3H3,(H,38,42)(H,39,41)/t28-/m0/s1. The van der Waals surface area contributed by atoms with Crippen LogP contribution in [0.1, 0.15) is 68.2 Å². The van der Waals surface area contributed by atoms with E-state index in [1.165, 1.54) is 5.56 Å². The van der Waals surface area contributed by atoms with Crippen molar-refractivity contribution in [3.63, 3.8) is 0 Å². The minimum atomic E-state index is -0.660. The molecule has 2 aliphatic rings. The molecule has 2 fully saturated rings. The maximum absolute atomic E-state index is 13.1. The Morgan fingerprint density at radius 2 is 1.74 bits per heavy atom. The van der Waals surface area contributed by atoms with E-state index in [0.29, 0.717) is 5.78 Å². The average Bonchev–Trinajstić information content (AvgIpc) is 3.93. The topological polar surface area (TPSA) is 114 Å². The van der Waals surface area contributed by atoms with Crippen molar-refractivity contribution in [2.75, 3.05) is 0 Å². The largest absolute Gasteiger partial charge is 0.352 e. The van der Waals surface area contributed by atoms with Gasteiger partial charge in [-0.25, -0.2) is 9.97 Å². The Balaban J connectivity index is 1.14. The van der Waals surface area contributed by atoms with Crippen LogP contribution in [0.5, 0.6) is 0 Å². The molecule has 1 atom stereocenters. The molecule has 2 saturated carbocycles. The molecule has 0 spiro atoms. The first-order valence-electron chi connectivity index (χ1n) is 14.5. The highest BCUT2D eigenvalue weighted by Crippen LogP contribution is 2.53. The molecule has 0 unspecified atom stereocenters. The zero-order valence-electron chi connectivity index (χ0n) is 24.0. The molecule has 0 saturated heterocycles. The molecule has 9 nitrogen and oxygen atoms in total. The lowest BCUT2D eigenvalue weighted by atomic mass is 9.86. The minimum Gasteiger partial charge on any atom is -0.352 e.